The first kappa shape index (κ1) is 18.9. The number of aromatic nitrogens is 4. The van der Waals surface area contributed by atoms with Gasteiger partial charge in [-0.2, -0.15) is 10.2 Å². The third kappa shape index (κ3) is 4.35. The molecule has 29 heavy (non-hydrogen) atoms. The molecule has 7 heteroatoms. The van der Waals surface area contributed by atoms with Gasteiger partial charge in [0, 0.05) is 28.9 Å². The molecule has 4 rings (SSSR count). The van der Waals surface area contributed by atoms with E-state index in [2.05, 4.69) is 20.6 Å². The molecule has 0 aliphatic carbocycles. The summed E-state index contributed by atoms with van der Waals surface area (Å²) in [5, 5.41) is 25.0. The van der Waals surface area contributed by atoms with Crippen molar-refractivity contribution in [1.29, 1.82) is 0 Å². The van der Waals surface area contributed by atoms with Gasteiger partial charge in [0.1, 0.15) is 5.82 Å². The van der Waals surface area contributed by atoms with E-state index >= 15 is 0 Å². The topological polar surface area (TPSA) is 78.8 Å². The number of rotatable bonds is 7. The van der Waals surface area contributed by atoms with E-state index < -0.39 is 0 Å². The second kappa shape index (κ2) is 8.28. The van der Waals surface area contributed by atoms with Crippen molar-refractivity contribution in [3.8, 4) is 0 Å². The van der Waals surface area contributed by atoms with Crippen LogP contribution in [0.5, 0.6) is 0 Å². The summed E-state index contributed by atoms with van der Waals surface area (Å²) in [6, 6.07) is 12.5. The summed E-state index contributed by atoms with van der Waals surface area (Å²) < 4.78 is 15.2. The highest BCUT2D eigenvalue weighted by Crippen LogP contribution is 2.25. The molecule has 0 fully saturated rings. The summed E-state index contributed by atoms with van der Waals surface area (Å²) in [7, 11) is 0. The van der Waals surface area contributed by atoms with Crippen molar-refractivity contribution in [3.63, 3.8) is 0 Å². The maximum Gasteiger partial charge on any atom is 0.123 e. The lowest BCUT2D eigenvalue weighted by Crippen LogP contribution is -2.06. The van der Waals surface area contributed by atoms with Gasteiger partial charge in [0.2, 0.25) is 0 Å². The molecule has 3 N–H and O–H groups in total. The van der Waals surface area contributed by atoms with E-state index in [0.29, 0.717) is 6.54 Å². The molecule has 6 nitrogen and oxygen atoms in total. The van der Waals surface area contributed by atoms with Gasteiger partial charge in [0.05, 0.1) is 30.6 Å². The molecular formula is C22H22FN5O. The average Bonchev–Trinajstić information content (AvgIpc) is 3.33. The fourth-order valence-electron chi connectivity index (χ4n) is 3.23. The van der Waals surface area contributed by atoms with Crippen molar-refractivity contribution >= 4 is 28.7 Å². The molecule has 0 aliphatic heterocycles. The molecule has 2 heterocycles. The zero-order chi connectivity index (χ0) is 20.2. The minimum Gasteiger partial charge on any atom is -0.394 e. The number of hydrogen-bond donors (Lipinski definition) is 3. The predicted octanol–water partition coefficient (Wildman–Crippen LogP) is 4.23. The molecule has 2 aromatic carbocycles. The number of anilines is 1. The number of nitrogens with zero attached hydrogens (tertiary/aromatic N) is 3. The number of H-pyrrole nitrogens is 1. The standard InChI is InChI=1S/C22H22FN5O/c1-15(17-3-2-4-18(23)11-17)25-19-6-8-22-20(12-19)21(26-27-22)7-5-16-13-24-28(14-16)9-10-29/h2-8,11-15,25,29H,9-10H2,1H3,(H,26,27). The lowest BCUT2D eigenvalue weighted by Gasteiger charge is -2.16. The number of aromatic amines is 1. The quantitative estimate of drug-likeness (QED) is 0.440. The second-order valence-corrected chi connectivity index (χ2v) is 6.88. The van der Waals surface area contributed by atoms with Gasteiger partial charge < -0.3 is 10.4 Å². The molecule has 0 aliphatic rings. The van der Waals surface area contributed by atoms with E-state index in [1.54, 1.807) is 23.0 Å². The number of nitrogens with one attached hydrogen (secondary N) is 2. The number of aliphatic hydroxyl groups is 1. The Kier molecular flexibility index (Phi) is 5.39. The Hall–Kier alpha value is -3.45. The minimum absolute atomic E-state index is 0.0357. The molecule has 0 radical (unpaired) electrons. The van der Waals surface area contributed by atoms with E-state index in [1.165, 1.54) is 6.07 Å². The lowest BCUT2D eigenvalue weighted by atomic mass is 10.1. The summed E-state index contributed by atoms with van der Waals surface area (Å²) in [6.45, 7) is 2.52. The lowest BCUT2D eigenvalue weighted by molar-refractivity contribution is 0.269. The summed E-state index contributed by atoms with van der Waals surface area (Å²) in [4.78, 5) is 0. The first-order chi connectivity index (χ1) is 14.1. The SMILES string of the molecule is CC(Nc1ccc2[nH]nc(C=Cc3cnn(CCO)c3)c2c1)c1cccc(F)c1. The summed E-state index contributed by atoms with van der Waals surface area (Å²) in [5.41, 5.74) is 4.50. The Morgan fingerprint density at radius 2 is 2.14 bits per heavy atom. The van der Waals surface area contributed by atoms with Crippen molar-refractivity contribution in [2.45, 2.75) is 19.5 Å². The van der Waals surface area contributed by atoms with Gasteiger partial charge in [-0.15, -0.1) is 0 Å². The van der Waals surface area contributed by atoms with Crippen LogP contribution in [0.2, 0.25) is 0 Å². The molecule has 4 aromatic rings. The summed E-state index contributed by atoms with van der Waals surface area (Å²) in [5.74, 6) is -0.240. The summed E-state index contributed by atoms with van der Waals surface area (Å²) in [6.07, 6.45) is 7.48. The Morgan fingerprint density at radius 1 is 1.24 bits per heavy atom. The average molecular weight is 391 g/mol. The number of fused-ring (bicyclic) bond motifs is 1. The fourth-order valence-corrected chi connectivity index (χ4v) is 3.23. The zero-order valence-corrected chi connectivity index (χ0v) is 16.0. The molecule has 0 saturated carbocycles. The van der Waals surface area contributed by atoms with Crippen LogP contribution in [0.15, 0.2) is 54.9 Å². The molecule has 1 atom stereocenters. The van der Waals surface area contributed by atoms with E-state index in [1.807, 2.05) is 49.5 Å². The van der Waals surface area contributed by atoms with Crippen LogP contribution >= 0.6 is 0 Å². The van der Waals surface area contributed by atoms with Crippen LogP contribution in [0.4, 0.5) is 10.1 Å². The molecule has 1 unspecified atom stereocenters. The monoisotopic (exact) mass is 391 g/mol. The first-order valence-corrected chi connectivity index (χ1v) is 9.44. The first-order valence-electron chi connectivity index (χ1n) is 9.44. The van der Waals surface area contributed by atoms with Crippen molar-refractivity contribution < 1.29 is 9.50 Å². The van der Waals surface area contributed by atoms with Crippen molar-refractivity contribution in [1.82, 2.24) is 20.0 Å². The maximum atomic E-state index is 13.5. The van der Waals surface area contributed by atoms with E-state index in [0.717, 1.165) is 33.4 Å². The molecule has 0 saturated heterocycles. The second-order valence-electron chi connectivity index (χ2n) is 6.88. The normalized spacial score (nSPS) is 12.7. The smallest absolute Gasteiger partial charge is 0.123 e. The highest BCUT2D eigenvalue weighted by Gasteiger charge is 2.09. The number of hydrogen-bond acceptors (Lipinski definition) is 4. The Bertz CT molecular complexity index is 1150. The molecular weight excluding hydrogens is 369 g/mol. The van der Waals surface area contributed by atoms with Crippen LogP contribution in [-0.2, 0) is 6.54 Å². The van der Waals surface area contributed by atoms with Gasteiger partial charge in [-0.1, -0.05) is 12.1 Å². The van der Waals surface area contributed by atoms with Gasteiger partial charge in [-0.05, 0) is 55.0 Å². The zero-order valence-electron chi connectivity index (χ0n) is 16.0. The van der Waals surface area contributed by atoms with Gasteiger partial charge in [0.15, 0.2) is 0 Å². The summed E-state index contributed by atoms with van der Waals surface area (Å²) >= 11 is 0. The van der Waals surface area contributed by atoms with E-state index in [9.17, 15) is 4.39 Å². The van der Waals surface area contributed by atoms with E-state index in [-0.39, 0.29) is 18.5 Å². The predicted molar refractivity (Wildman–Crippen MR) is 113 cm³/mol. The van der Waals surface area contributed by atoms with Gasteiger partial charge >= 0.3 is 0 Å². The Morgan fingerprint density at radius 3 is 2.97 bits per heavy atom. The maximum absolute atomic E-state index is 13.5. The van der Waals surface area contributed by atoms with Gasteiger partial charge in [-0.3, -0.25) is 9.78 Å². The Labute approximate surface area is 167 Å². The van der Waals surface area contributed by atoms with Crippen LogP contribution in [0.25, 0.3) is 23.1 Å². The van der Waals surface area contributed by atoms with Gasteiger partial charge in [-0.25, -0.2) is 4.39 Å². The molecule has 0 spiro atoms. The van der Waals surface area contributed by atoms with Crippen LogP contribution in [0, 0.1) is 5.82 Å². The molecule has 2 aromatic heterocycles. The van der Waals surface area contributed by atoms with E-state index in [4.69, 9.17) is 5.11 Å². The van der Waals surface area contributed by atoms with Crippen molar-refractivity contribution in [3.05, 3.63) is 77.5 Å². The highest BCUT2D eigenvalue weighted by molar-refractivity contribution is 5.91. The third-order valence-corrected chi connectivity index (χ3v) is 4.74. The molecule has 0 amide bonds. The number of halogens is 1. The highest BCUT2D eigenvalue weighted by atomic mass is 19.1. The fraction of sp³-hybridized carbons (Fsp3) is 0.182. The molecule has 0 bridgehead atoms. The minimum atomic E-state index is -0.240. The van der Waals surface area contributed by atoms with Crippen LogP contribution in [-0.4, -0.2) is 31.7 Å². The third-order valence-electron chi connectivity index (χ3n) is 4.74. The van der Waals surface area contributed by atoms with Crippen LogP contribution < -0.4 is 5.32 Å². The van der Waals surface area contributed by atoms with Crippen LogP contribution in [0.3, 0.4) is 0 Å². The number of benzene rings is 2. The van der Waals surface area contributed by atoms with Crippen LogP contribution in [0.1, 0.15) is 29.8 Å². The van der Waals surface area contributed by atoms with Gasteiger partial charge in [0.25, 0.3) is 0 Å². The van der Waals surface area contributed by atoms with Crippen molar-refractivity contribution in [2.75, 3.05) is 11.9 Å². The Balaban J connectivity index is 1.54. The largest absolute Gasteiger partial charge is 0.394 e. The number of aliphatic hydroxyl groups excluding tert-OH is 1. The van der Waals surface area contributed by atoms with Crippen molar-refractivity contribution in [2.24, 2.45) is 0 Å². The molecule has 148 valence electrons.